The Kier molecular flexibility index (Phi) is 4.05. The molecule has 1 unspecified atom stereocenters. The molecule has 0 fully saturated rings. The summed E-state index contributed by atoms with van der Waals surface area (Å²) in [6.45, 7) is 4.11. The van der Waals surface area contributed by atoms with Gasteiger partial charge in [0.15, 0.2) is 0 Å². The van der Waals surface area contributed by atoms with Gasteiger partial charge in [-0.15, -0.1) is 0 Å². The van der Waals surface area contributed by atoms with Crippen molar-refractivity contribution in [1.82, 2.24) is 0 Å². The van der Waals surface area contributed by atoms with Crippen LogP contribution in [0, 0.1) is 12.7 Å². The molecule has 0 aliphatic heterocycles. The van der Waals surface area contributed by atoms with Crippen LogP contribution >= 0.6 is 0 Å². The molecule has 0 saturated heterocycles. The van der Waals surface area contributed by atoms with E-state index in [1.54, 1.807) is 0 Å². The van der Waals surface area contributed by atoms with Crippen LogP contribution in [0.3, 0.4) is 0 Å². The van der Waals surface area contributed by atoms with Crippen molar-refractivity contribution in [3.8, 4) is 0 Å². The maximum absolute atomic E-state index is 12.8. The standard InChI is InChI=1S/C16H19FN2/c1-11(10-13-6-8-14(17)9-7-13)19-16-5-3-4-15(18)12(16)2/h3-9,11,19H,10,18H2,1-2H3. The fourth-order valence-corrected chi connectivity index (χ4v) is 2.10. The molecule has 3 heteroatoms. The van der Waals surface area contributed by atoms with Crippen molar-refractivity contribution in [3.63, 3.8) is 0 Å². The zero-order valence-electron chi connectivity index (χ0n) is 11.3. The first kappa shape index (κ1) is 13.4. The van der Waals surface area contributed by atoms with Gasteiger partial charge in [-0.2, -0.15) is 0 Å². The van der Waals surface area contributed by atoms with Gasteiger partial charge in [0, 0.05) is 17.4 Å². The van der Waals surface area contributed by atoms with Crippen molar-refractivity contribution >= 4 is 11.4 Å². The van der Waals surface area contributed by atoms with Crippen LogP contribution < -0.4 is 11.1 Å². The molecule has 0 bridgehead atoms. The van der Waals surface area contributed by atoms with E-state index in [1.165, 1.54) is 12.1 Å². The second-order valence-corrected chi connectivity index (χ2v) is 4.90. The van der Waals surface area contributed by atoms with E-state index in [2.05, 4.69) is 12.2 Å². The molecule has 2 rings (SSSR count). The molecule has 0 radical (unpaired) electrons. The minimum atomic E-state index is -0.198. The summed E-state index contributed by atoms with van der Waals surface area (Å²) in [5.74, 6) is -0.198. The largest absolute Gasteiger partial charge is 0.398 e. The first-order chi connectivity index (χ1) is 9.06. The summed E-state index contributed by atoms with van der Waals surface area (Å²) in [6.07, 6.45) is 0.842. The van der Waals surface area contributed by atoms with Crippen LogP contribution in [0.4, 0.5) is 15.8 Å². The van der Waals surface area contributed by atoms with E-state index in [0.29, 0.717) is 0 Å². The SMILES string of the molecule is Cc1c(N)cccc1NC(C)Cc1ccc(F)cc1. The average Bonchev–Trinajstić information content (AvgIpc) is 2.38. The predicted molar refractivity (Wildman–Crippen MR) is 78.8 cm³/mol. The lowest BCUT2D eigenvalue weighted by molar-refractivity contribution is 0.626. The highest BCUT2D eigenvalue weighted by Crippen LogP contribution is 2.21. The molecule has 100 valence electrons. The molecule has 2 aromatic rings. The molecule has 2 nitrogen and oxygen atoms in total. The number of hydrogen-bond donors (Lipinski definition) is 2. The third kappa shape index (κ3) is 3.47. The van der Waals surface area contributed by atoms with Crippen molar-refractivity contribution in [2.45, 2.75) is 26.3 Å². The van der Waals surface area contributed by atoms with Crippen molar-refractivity contribution < 1.29 is 4.39 Å². The topological polar surface area (TPSA) is 38.0 Å². The van der Waals surface area contributed by atoms with Crippen molar-refractivity contribution in [2.75, 3.05) is 11.1 Å². The number of nitrogen functional groups attached to an aromatic ring is 1. The van der Waals surface area contributed by atoms with E-state index in [1.807, 2.05) is 37.3 Å². The van der Waals surface area contributed by atoms with Gasteiger partial charge in [0.1, 0.15) is 5.82 Å². The Balaban J connectivity index is 2.03. The molecule has 2 aromatic carbocycles. The van der Waals surface area contributed by atoms with Crippen LogP contribution in [0.25, 0.3) is 0 Å². The number of hydrogen-bond acceptors (Lipinski definition) is 2. The maximum Gasteiger partial charge on any atom is 0.123 e. The summed E-state index contributed by atoms with van der Waals surface area (Å²) in [4.78, 5) is 0. The van der Waals surface area contributed by atoms with Crippen LogP contribution in [0.2, 0.25) is 0 Å². The van der Waals surface area contributed by atoms with E-state index >= 15 is 0 Å². The Morgan fingerprint density at radius 2 is 1.84 bits per heavy atom. The fourth-order valence-electron chi connectivity index (χ4n) is 2.10. The molecule has 0 saturated carbocycles. The van der Waals surface area contributed by atoms with E-state index in [0.717, 1.165) is 28.9 Å². The van der Waals surface area contributed by atoms with Gasteiger partial charge in [0.25, 0.3) is 0 Å². The molecule has 0 heterocycles. The Morgan fingerprint density at radius 1 is 1.16 bits per heavy atom. The molecule has 0 aliphatic carbocycles. The number of rotatable bonds is 4. The minimum absolute atomic E-state index is 0.198. The van der Waals surface area contributed by atoms with E-state index in [4.69, 9.17) is 5.73 Å². The van der Waals surface area contributed by atoms with Crippen molar-refractivity contribution in [1.29, 1.82) is 0 Å². The molecule has 0 amide bonds. The Morgan fingerprint density at radius 3 is 2.53 bits per heavy atom. The zero-order valence-corrected chi connectivity index (χ0v) is 11.3. The number of halogens is 1. The lowest BCUT2D eigenvalue weighted by Gasteiger charge is -2.18. The highest BCUT2D eigenvalue weighted by atomic mass is 19.1. The summed E-state index contributed by atoms with van der Waals surface area (Å²) in [5.41, 5.74) is 9.90. The highest BCUT2D eigenvalue weighted by Gasteiger charge is 2.07. The van der Waals surface area contributed by atoms with E-state index in [9.17, 15) is 4.39 Å². The number of nitrogens with two attached hydrogens (primary N) is 1. The van der Waals surface area contributed by atoms with Gasteiger partial charge >= 0.3 is 0 Å². The fraction of sp³-hybridized carbons (Fsp3) is 0.250. The summed E-state index contributed by atoms with van der Waals surface area (Å²) in [7, 11) is 0. The molecule has 0 spiro atoms. The van der Waals surface area contributed by atoms with Gasteiger partial charge in [0.2, 0.25) is 0 Å². The Bertz CT molecular complexity index is 549. The number of anilines is 2. The summed E-state index contributed by atoms with van der Waals surface area (Å²) in [5, 5.41) is 3.44. The van der Waals surface area contributed by atoms with Gasteiger partial charge in [-0.3, -0.25) is 0 Å². The normalized spacial score (nSPS) is 12.2. The Labute approximate surface area is 113 Å². The monoisotopic (exact) mass is 258 g/mol. The Hall–Kier alpha value is -2.03. The van der Waals surface area contributed by atoms with Gasteiger partial charge in [-0.1, -0.05) is 18.2 Å². The van der Waals surface area contributed by atoms with Gasteiger partial charge in [-0.05, 0) is 55.7 Å². The number of benzene rings is 2. The first-order valence-electron chi connectivity index (χ1n) is 6.42. The number of nitrogens with one attached hydrogen (secondary N) is 1. The van der Waals surface area contributed by atoms with Crippen LogP contribution in [0.1, 0.15) is 18.1 Å². The second kappa shape index (κ2) is 5.74. The predicted octanol–water partition coefficient (Wildman–Crippen LogP) is 3.76. The van der Waals surface area contributed by atoms with Crippen molar-refractivity contribution in [2.24, 2.45) is 0 Å². The zero-order chi connectivity index (χ0) is 13.8. The van der Waals surface area contributed by atoms with Crippen molar-refractivity contribution in [3.05, 3.63) is 59.4 Å². The van der Waals surface area contributed by atoms with Gasteiger partial charge < -0.3 is 11.1 Å². The second-order valence-electron chi connectivity index (χ2n) is 4.90. The van der Waals surface area contributed by atoms with E-state index in [-0.39, 0.29) is 11.9 Å². The average molecular weight is 258 g/mol. The molecule has 3 N–H and O–H groups in total. The quantitative estimate of drug-likeness (QED) is 0.819. The van der Waals surface area contributed by atoms with Gasteiger partial charge in [0.05, 0.1) is 0 Å². The molecular weight excluding hydrogens is 239 g/mol. The minimum Gasteiger partial charge on any atom is -0.398 e. The molecule has 0 aliphatic rings. The summed E-state index contributed by atoms with van der Waals surface area (Å²) in [6, 6.07) is 12.7. The highest BCUT2D eigenvalue weighted by molar-refractivity contribution is 5.63. The molecular formula is C16H19FN2. The van der Waals surface area contributed by atoms with E-state index < -0.39 is 0 Å². The molecule has 1 atom stereocenters. The van der Waals surface area contributed by atoms with Crippen LogP contribution in [-0.4, -0.2) is 6.04 Å². The maximum atomic E-state index is 12.8. The van der Waals surface area contributed by atoms with Gasteiger partial charge in [-0.25, -0.2) is 4.39 Å². The van der Waals surface area contributed by atoms with Crippen LogP contribution in [0.15, 0.2) is 42.5 Å². The summed E-state index contributed by atoms with van der Waals surface area (Å²) >= 11 is 0. The smallest absolute Gasteiger partial charge is 0.123 e. The molecule has 19 heavy (non-hydrogen) atoms. The first-order valence-corrected chi connectivity index (χ1v) is 6.42. The van der Waals surface area contributed by atoms with Crippen LogP contribution in [0.5, 0.6) is 0 Å². The molecule has 0 aromatic heterocycles. The lowest BCUT2D eigenvalue weighted by Crippen LogP contribution is -2.18. The lowest BCUT2D eigenvalue weighted by atomic mass is 10.1. The third-order valence-corrected chi connectivity index (χ3v) is 3.23. The van der Waals surface area contributed by atoms with Crippen LogP contribution in [-0.2, 0) is 6.42 Å². The summed E-state index contributed by atoms with van der Waals surface area (Å²) < 4.78 is 12.8. The third-order valence-electron chi connectivity index (χ3n) is 3.23.